The van der Waals surface area contributed by atoms with Gasteiger partial charge >= 0.3 is 18.2 Å². The number of aromatic nitrogens is 3. The van der Waals surface area contributed by atoms with E-state index in [-0.39, 0.29) is 88.7 Å². The highest BCUT2D eigenvalue weighted by atomic mass is 16.6. The third-order valence-electron chi connectivity index (χ3n) is 16.1. The molecule has 33 heteroatoms. The topological polar surface area (TPSA) is 454 Å². The average Bonchev–Trinajstić information content (AvgIpc) is 1.62. The number of hydrogen-bond donors (Lipinski definition) is 13. The minimum atomic E-state index is -1.46. The Morgan fingerprint density at radius 2 is 1.35 bits per heavy atom. The molecule has 0 bridgehead atoms. The summed E-state index contributed by atoms with van der Waals surface area (Å²) in [6, 6.07) is 18.4. The Morgan fingerprint density at radius 3 is 2.03 bits per heavy atom. The number of anilines is 2. The number of para-hydroxylation sites is 1. The van der Waals surface area contributed by atoms with Crippen molar-refractivity contribution in [1.82, 2.24) is 67.3 Å². The van der Waals surface area contributed by atoms with E-state index in [0.717, 1.165) is 0 Å². The second-order valence-electron chi connectivity index (χ2n) is 27.4. The number of rotatable bonds is 40. The molecule has 0 spiro atoms. The number of urea groups is 1. The van der Waals surface area contributed by atoms with Gasteiger partial charge in [-0.25, -0.2) is 24.4 Å². The van der Waals surface area contributed by atoms with Crippen molar-refractivity contribution < 1.29 is 81.6 Å². The van der Waals surface area contributed by atoms with E-state index in [1.165, 1.54) is 30.9 Å². The molecule has 1 aliphatic rings. The molecule has 13 amide bonds. The molecule has 1 aliphatic heterocycles. The fourth-order valence-corrected chi connectivity index (χ4v) is 10.8. The first-order valence-corrected chi connectivity index (χ1v) is 34.8. The zero-order chi connectivity index (χ0) is 77.0. The molecular formula is C72H100N16O17. The number of ether oxygens (including phenoxy) is 4. The van der Waals surface area contributed by atoms with Crippen molar-refractivity contribution in [2.45, 2.75) is 175 Å². The van der Waals surface area contributed by atoms with Crippen LogP contribution in [-0.2, 0) is 88.3 Å². The Kier molecular flexibility index (Phi) is 31.5. The van der Waals surface area contributed by atoms with E-state index < -0.39 is 120 Å². The highest BCUT2D eigenvalue weighted by Crippen LogP contribution is 2.32. The van der Waals surface area contributed by atoms with Gasteiger partial charge in [0.05, 0.1) is 42.9 Å². The molecule has 6 rings (SSSR count). The third kappa shape index (κ3) is 27.7. The number of aliphatic hydroxyl groups is 1. The SMILES string of the molecule is CCOCc1nc2c(NC(=O)CNC(=O)[C@H](Cc3ccccc3)NC(=O)CNC(=O)CNC(=O)OC(C)(C)C)nc3ccccc3c2n1CC(C)(C)OCCNC(=O)C(C)(C)NC(=O)OCc1ccc(NC(=O)[C@H](CCCNC(N)=O)NC(=O)[C@@H](NC(=O)CCCCCN2C(=O)C=CC2O)C(C)C)cc1. The maximum atomic E-state index is 13.8. The number of nitrogens with zero attached hydrogens (tertiary/aromatic N) is 4. The Hall–Kier alpha value is -10.8. The summed E-state index contributed by atoms with van der Waals surface area (Å²) < 4.78 is 24.8. The molecule has 0 fully saturated rings. The van der Waals surface area contributed by atoms with Gasteiger partial charge in [-0.05, 0) is 122 Å². The Balaban J connectivity index is 0.994. The number of pyridine rings is 1. The number of carbonyl (C=O) groups excluding carboxylic acids is 12. The third-order valence-corrected chi connectivity index (χ3v) is 16.1. The zero-order valence-corrected chi connectivity index (χ0v) is 61.1. The second kappa shape index (κ2) is 39.7. The van der Waals surface area contributed by atoms with Crippen LogP contribution in [0.2, 0.25) is 0 Å². The van der Waals surface area contributed by atoms with E-state index in [9.17, 15) is 62.6 Å². The number of aliphatic hydroxyl groups excluding tert-OH is 1. The highest BCUT2D eigenvalue weighted by Gasteiger charge is 2.33. The van der Waals surface area contributed by atoms with Crippen LogP contribution in [0.4, 0.5) is 25.9 Å². The number of fused-ring (bicyclic) bond motifs is 3. The van der Waals surface area contributed by atoms with Gasteiger partial charge in [-0.2, -0.15) is 0 Å². The van der Waals surface area contributed by atoms with Gasteiger partial charge in [0, 0.05) is 56.2 Å². The molecule has 0 saturated carbocycles. The van der Waals surface area contributed by atoms with Crippen LogP contribution in [0.1, 0.15) is 125 Å². The van der Waals surface area contributed by atoms with Crippen LogP contribution in [0.3, 0.4) is 0 Å². The molecule has 0 aliphatic carbocycles. The van der Waals surface area contributed by atoms with Gasteiger partial charge in [0.1, 0.15) is 66.6 Å². The van der Waals surface area contributed by atoms with Gasteiger partial charge in [-0.1, -0.05) is 80.9 Å². The van der Waals surface area contributed by atoms with Gasteiger partial charge in [-0.15, -0.1) is 0 Å². The van der Waals surface area contributed by atoms with Crippen molar-refractivity contribution in [3.8, 4) is 0 Å². The summed E-state index contributed by atoms with van der Waals surface area (Å²) in [5, 5.41) is 39.5. The molecular weight excluding hydrogens is 1360 g/mol. The lowest BCUT2D eigenvalue weighted by Crippen LogP contribution is -2.55. The summed E-state index contributed by atoms with van der Waals surface area (Å²) in [6.07, 6.45) is 2.14. The first-order valence-electron chi connectivity index (χ1n) is 34.8. The molecule has 14 N–H and O–H groups in total. The normalized spacial score (nSPS) is 13.8. The molecule has 2 aromatic heterocycles. The molecule has 33 nitrogen and oxygen atoms in total. The smallest absolute Gasteiger partial charge is 0.408 e. The van der Waals surface area contributed by atoms with Crippen molar-refractivity contribution in [3.05, 3.63) is 108 Å². The lowest BCUT2D eigenvalue weighted by Gasteiger charge is -2.28. The lowest BCUT2D eigenvalue weighted by atomic mass is 10.0. The Labute approximate surface area is 609 Å². The molecule has 570 valence electrons. The maximum Gasteiger partial charge on any atom is 0.408 e. The van der Waals surface area contributed by atoms with Gasteiger partial charge in [0.25, 0.3) is 0 Å². The van der Waals surface area contributed by atoms with Crippen molar-refractivity contribution in [1.29, 1.82) is 0 Å². The quantitative estimate of drug-likeness (QED) is 0.0250. The number of imidazole rings is 1. The molecule has 0 saturated heterocycles. The lowest BCUT2D eigenvalue weighted by molar-refractivity contribution is -0.132. The number of carbonyl (C=O) groups is 12. The van der Waals surface area contributed by atoms with Gasteiger partial charge in [0.15, 0.2) is 5.82 Å². The number of primary amides is 1. The molecule has 105 heavy (non-hydrogen) atoms. The van der Waals surface area contributed by atoms with E-state index in [2.05, 4.69) is 58.5 Å². The zero-order valence-electron chi connectivity index (χ0n) is 61.1. The Bertz CT molecular complexity index is 3890. The summed E-state index contributed by atoms with van der Waals surface area (Å²) in [5.74, 6) is -4.94. The van der Waals surface area contributed by atoms with Crippen LogP contribution in [-0.4, -0.2) is 190 Å². The van der Waals surface area contributed by atoms with E-state index in [1.54, 1.807) is 101 Å². The van der Waals surface area contributed by atoms with Crippen molar-refractivity contribution in [2.24, 2.45) is 11.7 Å². The summed E-state index contributed by atoms with van der Waals surface area (Å²) in [7, 11) is 0. The fraction of sp³-hybridized carbons (Fsp3) is 0.500. The number of benzene rings is 3. The van der Waals surface area contributed by atoms with Gasteiger partial charge in [-0.3, -0.25) is 43.2 Å². The number of unbranched alkanes of at least 4 members (excludes halogenated alkanes) is 2. The first kappa shape index (κ1) is 83.1. The van der Waals surface area contributed by atoms with Crippen LogP contribution >= 0.6 is 0 Å². The summed E-state index contributed by atoms with van der Waals surface area (Å²) >= 11 is 0. The predicted molar refractivity (Wildman–Crippen MR) is 388 cm³/mol. The van der Waals surface area contributed by atoms with Crippen LogP contribution in [0.5, 0.6) is 0 Å². The van der Waals surface area contributed by atoms with Crippen LogP contribution in [0.25, 0.3) is 21.9 Å². The number of nitrogens with one attached hydrogen (secondary N) is 11. The average molecular weight is 1460 g/mol. The molecule has 3 heterocycles. The highest BCUT2D eigenvalue weighted by molar-refractivity contribution is 6.10. The van der Waals surface area contributed by atoms with Crippen molar-refractivity contribution in [3.63, 3.8) is 0 Å². The number of hydrogen-bond acceptors (Lipinski definition) is 19. The minimum absolute atomic E-state index is 0.0299. The molecule has 0 radical (unpaired) electrons. The van der Waals surface area contributed by atoms with E-state index in [1.807, 2.05) is 37.5 Å². The molecule has 4 atom stereocenters. The first-order chi connectivity index (χ1) is 49.7. The van der Waals surface area contributed by atoms with Crippen LogP contribution in [0, 0.1) is 5.92 Å². The van der Waals surface area contributed by atoms with E-state index in [0.29, 0.717) is 77.0 Å². The monoisotopic (exact) mass is 1460 g/mol. The van der Waals surface area contributed by atoms with Crippen LogP contribution in [0.15, 0.2) is 91.0 Å². The summed E-state index contributed by atoms with van der Waals surface area (Å²) in [6.45, 7) is 16.4. The summed E-state index contributed by atoms with van der Waals surface area (Å²) in [4.78, 5) is 167. The number of alkyl carbamates (subject to hydrolysis) is 2. The van der Waals surface area contributed by atoms with Crippen molar-refractivity contribution in [2.75, 3.05) is 63.1 Å². The minimum Gasteiger partial charge on any atom is -0.445 e. The van der Waals surface area contributed by atoms with E-state index >= 15 is 0 Å². The number of amides is 13. The Morgan fingerprint density at radius 1 is 0.657 bits per heavy atom. The maximum absolute atomic E-state index is 13.8. The second-order valence-corrected chi connectivity index (χ2v) is 27.4. The largest absolute Gasteiger partial charge is 0.445 e. The number of nitrogens with two attached hydrogens (primary N) is 1. The standard InChI is InChI=1S/C72H100N16O17/c1-11-102-42-52-83-60-61(48-23-17-18-24-49(48)81-62(60)85-56(92)40-77-63(95)51(37-45-21-14-12-15-22-45)80-55(91)39-76-54(90)38-78-68(100)105-70(4,5)6)88(52)43-71(7,8)104-36-34-74-66(98)72(9,10)86-69(101)103-41-46-27-29-47(30-28-46)79-64(96)50(25-20-33-75-67(73)99)82-65(97)59(44(2)3)84-53(89)26-16-13-19-35-87-57(93)31-32-58(87)94/h12,14-15,17-18,21-24,27-32,44,50-51,57,59,93H,11,13,16,19-20,25-26,33-43H2,1-10H3,(H,74,98)(H,76,90)(H,77,95)(H,78,100)(H,79,96)(H,80,91)(H,82,97)(H,84,89)(H,86,101)(H3,73,75,99)(H,81,85,92)/t50-,51-,57?,59-/m0/s1. The van der Waals surface area contributed by atoms with Crippen molar-refractivity contribution >= 4 is 105 Å². The van der Waals surface area contributed by atoms with E-state index in [4.69, 9.17) is 34.6 Å². The van der Waals surface area contributed by atoms with Crippen LogP contribution < -0.4 is 64.2 Å². The van der Waals surface area contributed by atoms with Gasteiger partial charge in [0.2, 0.25) is 53.2 Å². The summed E-state index contributed by atoms with van der Waals surface area (Å²) in [5.41, 5.74) is 5.02. The molecule has 5 aromatic rings. The fourth-order valence-electron chi connectivity index (χ4n) is 10.8. The van der Waals surface area contributed by atoms with Gasteiger partial charge < -0.3 is 97.7 Å². The molecule has 3 aromatic carbocycles. The predicted octanol–water partition coefficient (Wildman–Crippen LogP) is 3.45. The molecule has 1 unspecified atom stereocenters.